The van der Waals surface area contributed by atoms with Crippen molar-refractivity contribution in [1.29, 1.82) is 0 Å². The highest BCUT2D eigenvalue weighted by atomic mass is 32.1. The SMILES string of the molecule is Cc1nc2ccc(NC(=O)COc3ccc(C(C)C)c(C)c3)cc2s1. The van der Waals surface area contributed by atoms with Crippen molar-refractivity contribution in [2.45, 2.75) is 33.6 Å². The normalized spacial score (nSPS) is 11.1. The number of nitrogens with one attached hydrogen (secondary N) is 1. The Balaban J connectivity index is 1.61. The first-order valence-corrected chi connectivity index (χ1v) is 9.14. The summed E-state index contributed by atoms with van der Waals surface area (Å²) in [7, 11) is 0. The smallest absolute Gasteiger partial charge is 0.262 e. The molecule has 0 saturated carbocycles. The molecule has 0 aliphatic rings. The molecule has 0 bridgehead atoms. The first-order valence-electron chi connectivity index (χ1n) is 8.33. The Labute approximate surface area is 151 Å². The molecule has 1 heterocycles. The molecule has 0 saturated heterocycles. The molecule has 0 aliphatic heterocycles. The van der Waals surface area contributed by atoms with Crippen LogP contribution in [-0.4, -0.2) is 17.5 Å². The van der Waals surface area contributed by atoms with E-state index in [0.717, 1.165) is 20.9 Å². The Hall–Kier alpha value is -2.40. The van der Waals surface area contributed by atoms with Crippen LogP contribution >= 0.6 is 11.3 Å². The van der Waals surface area contributed by atoms with E-state index in [1.807, 2.05) is 37.3 Å². The molecule has 0 unspecified atom stereocenters. The summed E-state index contributed by atoms with van der Waals surface area (Å²) >= 11 is 1.62. The summed E-state index contributed by atoms with van der Waals surface area (Å²) in [6, 6.07) is 11.7. The summed E-state index contributed by atoms with van der Waals surface area (Å²) in [5.74, 6) is 1.01. The standard InChI is InChI=1S/C20H22N2O2S/c1-12(2)17-7-6-16(9-13(17)3)24-11-20(23)22-15-5-8-18-19(10-15)25-14(4)21-18/h5-10,12H,11H2,1-4H3,(H,22,23). The first-order chi connectivity index (χ1) is 11.9. The van der Waals surface area contributed by atoms with Gasteiger partial charge in [-0.05, 0) is 61.2 Å². The number of rotatable bonds is 5. The topological polar surface area (TPSA) is 51.2 Å². The van der Waals surface area contributed by atoms with E-state index in [0.29, 0.717) is 11.7 Å². The molecule has 1 amide bonds. The molecule has 1 N–H and O–H groups in total. The van der Waals surface area contributed by atoms with Crippen LogP contribution in [0.2, 0.25) is 0 Å². The minimum Gasteiger partial charge on any atom is -0.484 e. The lowest BCUT2D eigenvalue weighted by molar-refractivity contribution is -0.118. The summed E-state index contributed by atoms with van der Waals surface area (Å²) in [5.41, 5.74) is 4.19. The lowest BCUT2D eigenvalue weighted by atomic mass is 9.98. The van der Waals surface area contributed by atoms with Crippen LogP contribution in [0.1, 0.15) is 35.9 Å². The van der Waals surface area contributed by atoms with Gasteiger partial charge in [-0.15, -0.1) is 11.3 Å². The number of nitrogens with zero attached hydrogens (tertiary/aromatic N) is 1. The van der Waals surface area contributed by atoms with Crippen LogP contribution in [0.3, 0.4) is 0 Å². The number of hydrogen-bond donors (Lipinski definition) is 1. The van der Waals surface area contributed by atoms with Gasteiger partial charge < -0.3 is 10.1 Å². The van der Waals surface area contributed by atoms with Crippen molar-refractivity contribution in [1.82, 2.24) is 4.98 Å². The van der Waals surface area contributed by atoms with Crippen molar-refractivity contribution in [2.75, 3.05) is 11.9 Å². The predicted octanol–water partition coefficient (Wildman–Crippen LogP) is 5.05. The largest absolute Gasteiger partial charge is 0.484 e. The van der Waals surface area contributed by atoms with Gasteiger partial charge in [-0.2, -0.15) is 0 Å². The number of hydrogen-bond acceptors (Lipinski definition) is 4. The monoisotopic (exact) mass is 354 g/mol. The average Bonchev–Trinajstić information content (AvgIpc) is 2.92. The van der Waals surface area contributed by atoms with Crippen molar-refractivity contribution in [2.24, 2.45) is 0 Å². The van der Waals surface area contributed by atoms with E-state index < -0.39 is 0 Å². The zero-order chi connectivity index (χ0) is 18.0. The molecule has 3 aromatic rings. The third-order valence-electron chi connectivity index (χ3n) is 4.01. The molecular formula is C20H22N2O2S. The van der Waals surface area contributed by atoms with Crippen LogP contribution in [0.25, 0.3) is 10.2 Å². The highest BCUT2D eigenvalue weighted by Gasteiger charge is 2.08. The zero-order valence-electron chi connectivity index (χ0n) is 14.9. The van der Waals surface area contributed by atoms with Crippen molar-refractivity contribution in [3.05, 3.63) is 52.5 Å². The second-order valence-corrected chi connectivity index (χ2v) is 7.66. The molecule has 5 heteroatoms. The fourth-order valence-electron chi connectivity index (χ4n) is 2.85. The highest BCUT2D eigenvalue weighted by Crippen LogP contribution is 2.25. The summed E-state index contributed by atoms with van der Waals surface area (Å²) in [6.07, 6.45) is 0. The van der Waals surface area contributed by atoms with Gasteiger partial charge in [0.15, 0.2) is 6.61 Å². The highest BCUT2D eigenvalue weighted by molar-refractivity contribution is 7.18. The van der Waals surface area contributed by atoms with Gasteiger partial charge in [0.2, 0.25) is 0 Å². The number of aromatic nitrogens is 1. The van der Waals surface area contributed by atoms with E-state index in [-0.39, 0.29) is 12.5 Å². The Morgan fingerprint density at radius 1 is 1.20 bits per heavy atom. The third-order valence-corrected chi connectivity index (χ3v) is 4.95. The van der Waals surface area contributed by atoms with Crippen LogP contribution < -0.4 is 10.1 Å². The summed E-state index contributed by atoms with van der Waals surface area (Å²) in [5, 5.41) is 3.89. The molecule has 0 atom stereocenters. The maximum absolute atomic E-state index is 12.1. The van der Waals surface area contributed by atoms with Crippen LogP contribution in [0.5, 0.6) is 5.75 Å². The van der Waals surface area contributed by atoms with Crippen molar-refractivity contribution >= 4 is 33.1 Å². The first kappa shape index (κ1) is 17.4. The Bertz CT molecular complexity index is 915. The number of fused-ring (bicyclic) bond motifs is 1. The average molecular weight is 354 g/mol. The van der Waals surface area contributed by atoms with Gasteiger partial charge >= 0.3 is 0 Å². The molecule has 1 aromatic heterocycles. The minimum absolute atomic E-state index is 0.0137. The molecule has 0 spiro atoms. The Morgan fingerprint density at radius 3 is 2.72 bits per heavy atom. The van der Waals surface area contributed by atoms with Gasteiger partial charge in [0, 0.05) is 5.69 Å². The predicted molar refractivity (Wildman–Crippen MR) is 104 cm³/mol. The van der Waals surface area contributed by atoms with E-state index in [2.05, 4.69) is 37.1 Å². The van der Waals surface area contributed by atoms with Crippen molar-refractivity contribution < 1.29 is 9.53 Å². The maximum atomic E-state index is 12.1. The van der Waals surface area contributed by atoms with Gasteiger partial charge in [0.05, 0.1) is 15.2 Å². The summed E-state index contributed by atoms with van der Waals surface area (Å²) in [4.78, 5) is 16.6. The molecule has 0 aliphatic carbocycles. The number of carbonyl (C=O) groups excluding carboxylic acids is 1. The van der Waals surface area contributed by atoms with Gasteiger partial charge in [0.1, 0.15) is 5.75 Å². The number of thiazole rings is 1. The van der Waals surface area contributed by atoms with E-state index >= 15 is 0 Å². The quantitative estimate of drug-likeness (QED) is 0.697. The molecule has 0 fully saturated rings. The van der Waals surface area contributed by atoms with E-state index in [1.54, 1.807) is 11.3 Å². The molecule has 3 rings (SSSR count). The molecule has 130 valence electrons. The van der Waals surface area contributed by atoms with Crippen molar-refractivity contribution in [3.63, 3.8) is 0 Å². The summed E-state index contributed by atoms with van der Waals surface area (Å²) < 4.78 is 6.69. The van der Waals surface area contributed by atoms with Gasteiger partial charge in [-0.3, -0.25) is 4.79 Å². The number of amides is 1. The number of aryl methyl sites for hydroxylation is 2. The second kappa shape index (κ2) is 7.23. The maximum Gasteiger partial charge on any atom is 0.262 e. The van der Waals surface area contributed by atoms with E-state index in [1.165, 1.54) is 11.1 Å². The fourth-order valence-corrected chi connectivity index (χ4v) is 3.72. The second-order valence-electron chi connectivity index (χ2n) is 6.43. The fraction of sp³-hybridized carbons (Fsp3) is 0.300. The number of anilines is 1. The van der Waals surface area contributed by atoms with Gasteiger partial charge in [0.25, 0.3) is 5.91 Å². The van der Waals surface area contributed by atoms with Crippen LogP contribution in [-0.2, 0) is 4.79 Å². The molecule has 0 radical (unpaired) electrons. The molecule has 2 aromatic carbocycles. The third kappa shape index (κ3) is 4.17. The molecule has 4 nitrogen and oxygen atoms in total. The number of carbonyl (C=O) groups is 1. The minimum atomic E-state index is -0.175. The van der Waals surface area contributed by atoms with Crippen LogP contribution in [0.15, 0.2) is 36.4 Å². The zero-order valence-corrected chi connectivity index (χ0v) is 15.7. The summed E-state index contributed by atoms with van der Waals surface area (Å²) in [6.45, 7) is 8.35. The number of benzene rings is 2. The van der Waals surface area contributed by atoms with Crippen LogP contribution in [0.4, 0.5) is 5.69 Å². The van der Waals surface area contributed by atoms with Gasteiger partial charge in [-0.1, -0.05) is 19.9 Å². The van der Waals surface area contributed by atoms with E-state index in [9.17, 15) is 4.79 Å². The van der Waals surface area contributed by atoms with E-state index in [4.69, 9.17) is 4.74 Å². The van der Waals surface area contributed by atoms with Gasteiger partial charge in [-0.25, -0.2) is 4.98 Å². The van der Waals surface area contributed by atoms with Crippen molar-refractivity contribution in [3.8, 4) is 5.75 Å². The molecule has 25 heavy (non-hydrogen) atoms. The molecular weight excluding hydrogens is 332 g/mol. The van der Waals surface area contributed by atoms with Crippen LogP contribution in [0, 0.1) is 13.8 Å². The Morgan fingerprint density at radius 2 is 2.00 bits per heavy atom. The number of ether oxygens (including phenoxy) is 1. The Kier molecular flexibility index (Phi) is 5.04. The lowest BCUT2D eigenvalue weighted by Gasteiger charge is -2.12. The lowest BCUT2D eigenvalue weighted by Crippen LogP contribution is -2.20.